The topological polar surface area (TPSA) is 38.7 Å². The summed E-state index contributed by atoms with van der Waals surface area (Å²) in [6.45, 7) is 0. The third-order valence-electron chi connectivity index (χ3n) is 9.39. The van der Waals surface area contributed by atoms with E-state index in [1.807, 2.05) is 6.07 Å². The molecule has 1 aliphatic heterocycles. The van der Waals surface area contributed by atoms with E-state index in [1.165, 1.54) is 57.5 Å². The van der Waals surface area contributed by atoms with Gasteiger partial charge in [0.25, 0.3) is 0 Å². The molecular formula is C45H27N3S2. The molecule has 9 aromatic rings. The lowest BCUT2D eigenvalue weighted by molar-refractivity contribution is 1.05. The first-order valence-electron chi connectivity index (χ1n) is 16.6. The SMILES string of the molecule is c1ccc(-c2ccc(-c3nc(-c4ccc5c6ccccc6c6ccccc6c5c4)nc(-c4cccc5c4Sc4ccccc4S5)n3)cc2)cc1. The normalized spacial score (nSPS) is 12.2. The standard InChI is InChI=1S/C45H27N3S2/c1-2-11-28(12-3-1)29-21-23-30(24-22-29)43-46-44(48-45(47-43)37-17-10-20-41-42(37)50-40-19-9-8-18-39(40)49-41)31-25-26-36-34-15-5-4-13-32(34)33-14-6-7-16-35(33)38(36)27-31/h1-27H. The Balaban J connectivity index is 1.17. The predicted molar refractivity (Wildman–Crippen MR) is 209 cm³/mol. The van der Waals surface area contributed by atoms with Crippen LogP contribution in [0.2, 0.25) is 0 Å². The maximum absolute atomic E-state index is 5.23. The summed E-state index contributed by atoms with van der Waals surface area (Å²) < 4.78 is 0. The molecule has 0 aliphatic carbocycles. The Bertz CT molecular complexity index is 2720. The highest BCUT2D eigenvalue weighted by Gasteiger charge is 2.23. The summed E-state index contributed by atoms with van der Waals surface area (Å²) in [5, 5.41) is 7.38. The van der Waals surface area contributed by atoms with Crippen LogP contribution in [0.4, 0.5) is 0 Å². The number of rotatable bonds is 4. The third kappa shape index (κ3) is 4.97. The van der Waals surface area contributed by atoms with Crippen LogP contribution in [0.25, 0.3) is 77.6 Å². The molecule has 0 amide bonds. The van der Waals surface area contributed by atoms with Crippen LogP contribution >= 0.6 is 23.5 Å². The van der Waals surface area contributed by atoms with Gasteiger partial charge in [0.15, 0.2) is 17.5 Å². The van der Waals surface area contributed by atoms with Crippen molar-refractivity contribution in [2.75, 3.05) is 0 Å². The second-order valence-corrected chi connectivity index (χ2v) is 14.5. The Hall–Kier alpha value is -5.75. The highest BCUT2D eigenvalue weighted by atomic mass is 32.2. The molecule has 0 atom stereocenters. The maximum Gasteiger partial charge on any atom is 0.165 e. The minimum atomic E-state index is 0.652. The summed E-state index contributed by atoms with van der Waals surface area (Å²) in [5.74, 6) is 1.98. The first-order valence-corrected chi connectivity index (χ1v) is 18.2. The predicted octanol–water partition coefficient (Wildman–Crippen LogP) is 12.6. The number of nitrogens with zero attached hydrogens (tertiary/aromatic N) is 3. The molecule has 10 rings (SSSR count). The lowest BCUT2D eigenvalue weighted by atomic mass is 9.93. The van der Waals surface area contributed by atoms with Crippen molar-refractivity contribution < 1.29 is 0 Å². The number of hydrogen-bond donors (Lipinski definition) is 0. The summed E-state index contributed by atoms with van der Waals surface area (Å²) in [6.07, 6.45) is 0. The monoisotopic (exact) mass is 673 g/mol. The molecule has 8 aromatic carbocycles. The van der Waals surface area contributed by atoms with Crippen molar-refractivity contribution in [1.82, 2.24) is 15.0 Å². The molecular weight excluding hydrogens is 647 g/mol. The lowest BCUT2D eigenvalue weighted by Crippen LogP contribution is -2.02. The average Bonchev–Trinajstić information content (AvgIpc) is 3.20. The average molecular weight is 674 g/mol. The van der Waals surface area contributed by atoms with Crippen molar-refractivity contribution in [3.8, 4) is 45.3 Å². The van der Waals surface area contributed by atoms with Crippen LogP contribution in [0, 0.1) is 0 Å². The van der Waals surface area contributed by atoms with Gasteiger partial charge in [-0.1, -0.05) is 157 Å². The Labute approximate surface area is 298 Å². The van der Waals surface area contributed by atoms with Gasteiger partial charge in [-0.2, -0.15) is 0 Å². The van der Waals surface area contributed by atoms with Crippen LogP contribution < -0.4 is 0 Å². The number of fused-ring (bicyclic) bond motifs is 8. The molecule has 2 heterocycles. The van der Waals surface area contributed by atoms with E-state index >= 15 is 0 Å². The van der Waals surface area contributed by atoms with E-state index in [2.05, 4.69) is 158 Å². The van der Waals surface area contributed by atoms with Crippen molar-refractivity contribution in [1.29, 1.82) is 0 Å². The fraction of sp³-hybridized carbons (Fsp3) is 0. The van der Waals surface area contributed by atoms with Crippen molar-refractivity contribution >= 4 is 55.8 Å². The van der Waals surface area contributed by atoms with E-state index in [4.69, 9.17) is 15.0 Å². The Morgan fingerprint density at radius 1 is 0.300 bits per heavy atom. The van der Waals surface area contributed by atoms with Gasteiger partial charge in [-0.15, -0.1) is 0 Å². The van der Waals surface area contributed by atoms with Crippen LogP contribution in [0.15, 0.2) is 183 Å². The quantitative estimate of drug-likeness (QED) is 0.174. The first-order chi connectivity index (χ1) is 24.8. The zero-order chi connectivity index (χ0) is 33.0. The van der Waals surface area contributed by atoms with Gasteiger partial charge in [0.1, 0.15) is 0 Å². The zero-order valence-electron chi connectivity index (χ0n) is 26.7. The Morgan fingerprint density at radius 2 is 0.780 bits per heavy atom. The molecule has 234 valence electrons. The van der Waals surface area contributed by atoms with E-state index in [0.717, 1.165) is 22.3 Å². The Morgan fingerprint density at radius 3 is 1.48 bits per heavy atom. The lowest BCUT2D eigenvalue weighted by Gasteiger charge is -2.20. The largest absolute Gasteiger partial charge is 0.208 e. The smallest absolute Gasteiger partial charge is 0.165 e. The molecule has 0 radical (unpaired) electrons. The number of aromatic nitrogens is 3. The number of hydrogen-bond acceptors (Lipinski definition) is 5. The molecule has 0 spiro atoms. The van der Waals surface area contributed by atoms with Gasteiger partial charge in [-0.3, -0.25) is 0 Å². The zero-order valence-corrected chi connectivity index (χ0v) is 28.4. The van der Waals surface area contributed by atoms with Crippen LogP contribution in [-0.4, -0.2) is 15.0 Å². The molecule has 50 heavy (non-hydrogen) atoms. The first kappa shape index (κ1) is 29.2. The van der Waals surface area contributed by atoms with Gasteiger partial charge >= 0.3 is 0 Å². The maximum atomic E-state index is 5.23. The van der Waals surface area contributed by atoms with Crippen molar-refractivity contribution in [2.45, 2.75) is 19.6 Å². The Kier molecular flexibility index (Phi) is 7.00. The molecule has 0 N–H and O–H groups in total. The fourth-order valence-electron chi connectivity index (χ4n) is 6.97. The minimum absolute atomic E-state index is 0.652. The van der Waals surface area contributed by atoms with E-state index in [9.17, 15) is 0 Å². The van der Waals surface area contributed by atoms with Crippen LogP contribution in [0.1, 0.15) is 0 Å². The molecule has 0 unspecified atom stereocenters. The van der Waals surface area contributed by atoms with Gasteiger partial charge in [-0.05, 0) is 73.8 Å². The van der Waals surface area contributed by atoms with Crippen molar-refractivity contribution in [3.63, 3.8) is 0 Å². The molecule has 0 bridgehead atoms. The molecule has 0 saturated heterocycles. The summed E-state index contributed by atoms with van der Waals surface area (Å²) in [7, 11) is 0. The van der Waals surface area contributed by atoms with Crippen molar-refractivity contribution in [2.24, 2.45) is 0 Å². The van der Waals surface area contributed by atoms with Crippen molar-refractivity contribution in [3.05, 3.63) is 164 Å². The van der Waals surface area contributed by atoms with Crippen LogP contribution in [0.3, 0.4) is 0 Å². The van der Waals surface area contributed by atoms with Crippen LogP contribution in [-0.2, 0) is 0 Å². The van der Waals surface area contributed by atoms with Gasteiger partial charge in [0.05, 0.1) is 0 Å². The molecule has 1 aliphatic rings. The highest BCUT2D eigenvalue weighted by molar-refractivity contribution is 8.05. The molecule has 1 aromatic heterocycles. The molecule has 0 fully saturated rings. The van der Waals surface area contributed by atoms with Gasteiger partial charge in [-0.25, -0.2) is 15.0 Å². The van der Waals surface area contributed by atoms with E-state index in [1.54, 1.807) is 23.5 Å². The summed E-state index contributed by atoms with van der Waals surface area (Å²) in [6, 6.07) is 58.0. The van der Waals surface area contributed by atoms with Gasteiger partial charge in [0.2, 0.25) is 0 Å². The number of benzene rings is 8. The molecule has 3 nitrogen and oxygen atoms in total. The second kappa shape index (κ2) is 12.0. The highest BCUT2D eigenvalue weighted by Crippen LogP contribution is 2.51. The summed E-state index contributed by atoms with van der Waals surface area (Å²) in [5.41, 5.74) is 5.25. The van der Waals surface area contributed by atoms with Gasteiger partial charge < -0.3 is 0 Å². The fourth-order valence-corrected chi connectivity index (χ4v) is 9.34. The second-order valence-electron chi connectivity index (χ2n) is 12.4. The minimum Gasteiger partial charge on any atom is -0.208 e. The molecule has 5 heteroatoms. The van der Waals surface area contributed by atoms with E-state index in [-0.39, 0.29) is 0 Å². The summed E-state index contributed by atoms with van der Waals surface area (Å²) >= 11 is 3.59. The van der Waals surface area contributed by atoms with E-state index in [0.29, 0.717) is 17.5 Å². The third-order valence-corrected chi connectivity index (χ3v) is 12.0. The molecule has 0 saturated carbocycles. The van der Waals surface area contributed by atoms with E-state index < -0.39 is 0 Å². The summed E-state index contributed by atoms with van der Waals surface area (Å²) in [4.78, 5) is 20.5. The van der Waals surface area contributed by atoms with Gasteiger partial charge in [0, 0.05) is 36.3 Å². The van der Waals surface area contributed by atoms with Crippen LogP contribution in [0.5, 0.6) is 0 Å².